The van der Waals surface area contributed by atoms with Gasteiger partial charge in [-0.05, 0) is 80.6 Å². The SMILES string of the molecule is Cc1cc(OCC(=O)N2CCCN(C(=O)COc3cc(C)c(Cl)c(C)c3)CC2)cc(C)c1Cl. The molecule has 1 aliphatic heterocycles. The van der Waals surface area contributed by atoms with Gasteiger partial charge in [-0.15, -0.1) is 0 Å². The average molecular weight is 493 g/mol. The van der Waals surface area contributed by atoms with Gasteiger partial charge in [-0.3, -0.25) is 9.59 Å². The van der Waals surface area contributed by atoms with Gasteiger partial charge in [-0.1, -0.05) is 23.2 Å². The molecule has 2 aromatic carbocycles. The van der Waals surface area contributed by atoms with Crippen molar-refractivity contribution in [1.29, 1.82) is 0 Å². The van der Waals surface area contributed by atoms with Crippen LogP contribution >= 0.6 is 23.2 Å². The third-order valence-electron chi connectivity index (χ3n) is 5.75. The summed E-state index contributed by atoms with van der Waals surface area (Å²) >= 11 is 12.4. The summed E-state index contributed by atoms with van der Waals surface area (Å²) in [4.78, 5) is 28.8. The molecule has 0 unspecified atom stereocenters. The molecule has 0 bridgehead atoms. The standard InChI is InChI=1S/C25H30Cl2N2O4/c1-16-10-20(11-17(2)24(16)26)32-14-22(30)28-6-5-7-29(9-8-28)23(31)15-33-21-12-18(3)25(27)19(4)13-21/h10-13H,5-9,14-15H2,1-4H3. The number of benzene rings is 2. The van der Waals surface area contributed by atoms with E-state index in [4.69, 9.17) is 32.7 Å². The summed E-state index contributed by atoms with van der Waals surface area (Å²) in [7, 11) is 0. The Bertz CT molecular complexity index is 914. The number of amides is 2. The Morgan fingerprint density at radius 2 is 1.03 bits per heavy atom. The van der Waals surface area contributed by atoms with Crippen LogP contribution in [0, 0.1) is 27.7 Å². The van der Waals surface area contributed by atoms with E-state index in [1.54, 1.807) is 9.80 Å². The molecule has 0 aromatic heterocycles. The van der Waals surface area contributed by atoms with Crippen LogP contribution in [0.1, 0.15) is 28.7 Å². The second kappa shape index (κ2) is 11.1. The maximum absolute atomic E-state index is 12.7. The van der Waals surface area contributed by atoms with Crippen molar-refractivity contribution in [3.63, 3.8) is 0 Å². The molecule has 0 radical (unpaired) electrons. The van der Waals surface area contributed by atoms with Crippen molar-refractivity contribution in [3.8, 4) is 11.5 Å². The van der Waals surface area contributed by atoms with E-state index in [-0.39, 0.29) is 25.0 Å². The van der Waals surface area contributed by atoms with E-state index in [0.717, 1.165) is 22.3 Å². The summed E-state index contributed by atoms with van der Waals surface area (Å²) in [5.74, 6) is 1.05. The molecule has 8 heteroatoms. The first-order valence-electron chi connectivity index (χ1n) is 11.0. The molecule has 3 rings (SSSR count). The van der Waals surface area contributed by atoms with Crippen LogP contribution < -0.4 is 9.47 Å². The first-order valence-corrected chi connectivity index (χ1v) is 11.8. The van der Waals surface area contributed by atoms with Crippen LogP contribution in [0.3, 0.4) is 0 Å². The molecule has 0 atom stereocenters. The summed E-state index contributed by atoms with van der Waals surface area (Å²) in [6.45, 7) is 9.62. The number of hydrogen-bond donors (Lipinski definition) is 0. The van der Waals surface area contributed by atoms with Crippen molar-refractivity contribution in [1.82, 2.24) is 9.80 Å². The average Bonchev–Trinajstić information content (AvgIpc) is 3.04. The van der Waals surface area contributed by atoms with Crippen molar-refractivity contribution in [3.05, 3.63) is 56.6 Å². The van der Waals surface area contributed by atoms with E-state index < -0.39 is 0 Å². The molecule has 0 spiro atoms. The number of halogens is 2. The largest absolute Gasteiger partial charge is 0.484 e. The summed E-state index contributed by atoms with van der Waals surface area (Å²) in [6.07, 6.45) is 0.704. The zero-order valence-electron chi connectivity index (χ0n) is 19.5. The van der Waals surface area contributed by atoms with Gasteiger partial charge in [0.25, 0.3) is 11.8 Å². The van der Waals surface area contributed by atoms with Crippen LogP contribution in [0.2, 0.25) is 10.0 Å². The van der Waals surface area contributed by atoms with Gasteiger partial charge in [-0.25, -0.2) is 0 Å². The number of ether oxygens (including phenoxy) is 2. The molecule has 1 aliphatic rings. The summed E-state index contributed by atoms with van der Waals surface area (Å²) in [5, 5.41) is 1.41. The maximum atomic E-state index is 12.7. The zero-order valence-corrected chi connectivity index (χ0v) is 21.1. The Balaban J connectivity index is 1.49. The van der Waals surface area contributed by atoms with Crippen LogP contribution in [0.5, 0.6) is 11.5 Å². The van der Waals surface area contributed by atoms with Gasteiger partial charge in [0.15, 0.2) is 13.2 Å². The topological polar surface area (TPSA) is 59.1 Å². The highest BCUT2D eigenvalue weighted by molar-refractivity contribution is 6.32. The second-order valence-corrected chi connectivity index (χ2v) is 9.19. The van der Waals surface area contributed by atoms with Gasteiger partial charge in [0.05, 0.1) is 0 Å². The summed E-state index contributed by atoms with van der Waals surface area (Å²) in [5.41, 5.74) is 3.65. The van der Waals surface area contributed by atoms with Gasteiger partial charge in [0.1, 0.15) is 11.5 Å². The molecule has 0 N–H and O–H groups in total. The number of carbonyl (C=O) groups is 2. The van der Waals surface area contributed by atoms with Crippen molar-refractivity contribution in [2.45, 2.75) is 34.1 Å². The molecule has 6 nitrogen and oxygen atoms in total. The fourth-order valence-electron chi connectivity index (χ4n) is 3.87. The minimum absolute atomic E-state index is 0.0488. The quantitative estimate of drug-likeness (QED) is 0.583. The third kappa shape index (κ3) is 6.55. The lowest BCUT2D eigenvalue weighted by atomic mass is 10.1. The second-order valence-electron chi connectivity index (χ2n) is 8.43. The predicted octanol–water partition coefficient (Wildman–Crippen LogP) is 4.75. The first kappa shape index (κ1) is 25.2. The highest BCUT2D eigenvalue weighted by Crippen LogP contribution is 2.27. The van der Waals surface area contributed by atoms with Gasteiger partial charge >= 0.3 is 0 Å². The van der Waals surface area contributed by atoms with E-state index in [2.05, 4.69) is 0 Å². The summed E-state index contributed by atoms with van der Waals surface area (Å²) < 4.78 is 11.4. The Kier molecular flexibility index (Phi) is 8.49. The van der Waals surface area contributed by atoms with E-state index in [1.807, 2.05) is 52.0 Å². The van der Waals surface area contributed by atoms with E-state index in [0.29, 0.717) is 54.1 Å². The normalized spacial score (nSPS) is 14.1. The van der Waals surface area contributed by atoms with Crippen molar-refractivity contribution < 1.29 is 19.1 Å². The Morgan fingerprint density at radius 1 is 0.697 bits per heavy atom. The molecule has 33 heavy (non-hydrogen) atoms. The van der Waals surface area contributed by atoms with E-state index in [9.17, 15) is 9.59 Å². The predicted molar refractivity (Wildman–Crippen MR) is 131 cm³/mol. The third-order valence-corrected chi connectivity index (χ3v) is 6.94. The minimum Gasteiger partial charge on any atom is -0.484 e. The molecule has 1 saturated heterocycles. The highest BCUT2D eigenvalue weighted by Gasteiger charge is 2.23. The molecule has 0 aliphatic carbocycles. The lowest BCUT2D eigenvalue weighted by molar-refractivity contribution is -0.135. The first-order chi connectivity index (χ1) is 15.7. The van der Waals surface area contributed by atoms with Gasteiger partial charge in [0.2, 0.25) is 0 Å². The molecular weight excluding hydrogens is 463 g/mol. The highest BCUT2D eigenvalue weighted by atomic mass is 35.5. The Labute approximate surface area is 205 Å². The number of hydrogen-bond acceptors (Lipinski definition) is 4. The molecular formula is C25H30Cl2N2O4. The maximum Gasteiger partial charge on any atom is 0.260 e. The van der Waals surface area contributed by atoms with Crippen molar-refractivity contribution >= 4 is 35.0 Å². The van der Waals surface area contributed by atoms with E-state index >= 15 is 0 Å². The number of nitrogens with zero attached hydrogens (tertiary/aromatic N) is 2. The molecule has 178 valence electrons. The fraction of sp³-hybridized carbons (Fsp3) is 0.440. The van der Waals surface area contributed by atoms with Crippen LogP contribution in [0.4, 0.5) is 0 Å². The molecule has 0 saturated carbocycles. The summed E-state index contributed by atoms with van der Waals surface area (Å²) in [6, 6.07) is 7.31. The molecule has 2 aromatic rings. The van der Waals surface area contributed by atoms with Crippen LogP contribution in [-0.2, 0) is 9.59 Å². The number of rotatable bonds is 6. The van der Waals surface area contributed by atoms with Crippen LogP contribution in [-0.4, -0.2) is 61.0 Å². The number of aryl methyl sites for hydroxylation is 4. The van der Waals surface area contributed by atoms with Gasteiger partial charge < -0.3 is 19.3 Å². The van der Waals surface area contributed by atoms with E-state index in [1.165, 1.54) is 0 Å². The van der Waals surface area contributed by atoms with Gasteiger partial charge in [-0.2, -0.15) is 0 Å². The van der Waals surface area contributed by atoms with Crippen molar-refractivity contribution in [2.24, 2.45) is 0 Å². The van der Waals surface area contributed by atoms with Crippen LogP contribution in [0.25, 0.3) is 0 Å². The lowest BCUT2D eigenvalue weighted by Crippen LogP contribution is -2.40. The molecule has 1 heterocycles. The van der Waals surface area contributed by atoms with Crippen LogP contribution in [0.15, 0.2) is 24.3 Å². The van der Waals surface area contributed by atoms with Crippen molar-refractivity contribution in [2.75, 3.05) is 39.4 Å². The Hall–Kier alpha value is -2.44. The molecule has 1 fully saturated rings. The fourth-order valence-corrected chi connectivity index (χ4v) is 4.09. The monoisotopic (exact) mass is 492 g/mol. The minimum atomic E-state index is -0.0991. The number of carbonyl (C=O) groups excluding carboxylic acids is 2. The lowest BCUT2D eigenvalue weighted by Gasteiger charge is -2.22. The van der Waals surface area contributed by atoms with Gasteiger partial charge in [0, 0.05) is 36.2 Å². The smallest absolute Gasteiger partial charge is 0.260 e. The zero-order chi connectivity index (χ0) is 24.1. The molecule has 2 amide bonds. The Morgan fingerprint density at radius 3 is 1.36 bits per heavy atom.